The molecule has 1 fully saturated rings. The van der Waals surface area contributed by atoms with Gasteiger partial charge in [0.2, 0.25) is 10.0 Å². The van der Waals surface area contributed by atoms with Crippen molar-refractivity contribution in [2.24, 2.45) is 0 Å². The van der Waals surface area contributed by atoms with Crippen LogP contribution in [0.25, 0.3) is 0 Å². The van der Waals surface area contributed by atoms with Gasteiger partial charge in [-0.3, -0.25) is 0 Å². The highest BCUT2D eigenvalue weighted by Crippen LogP contribution is 2.26. The Balaban J connectivity index is 2.05. The van der Waals surface area contributed by atoms with Crippen LogP contribution in [0.1, 0.15) is 31.5 Å². The van der Waals surface area contributed by atoms with E-state index in [0.717, 1.165) is 25.7 Å². The van der Waals surface area contributed by atoms with Gasteiger partial charge < -0.3 is 4.98 Å². The average Bonchev–Trinajstić information content (AvgIpc) is 2.89. The number of nitrogens with one attached hydrogen (secondary N) is 1. The maximum Gasteiger partial charge on any atom is 0.217 e. The highest BCUT2D eigenvalue weighted by atomic mass is 32.2. The SMILES string of the molecule is CN(Cc1ncc[nH]1)S(=O)(=O)C1CCCC1. The standard InChI is InChI=1S/C10H17N3O2S/c1-13(8-10-11-6-7-12-10)16(14,15)9-4-2-3-5-9/h6-7,9H,2-5,8H2,1H3,(H,11,12). The van der Waals surface area contributed by atoms with Crippen LogP contribution in [0.5, 0.6) is 0 Å². The van der Waals surface area contributed by atoms with Crippen LogP contribution >= 0.6 is 0 Å². The molecule has 2 rings (SSSR count). The van der Waals surface area contributed by atoms with Gasteiger partial charge in [-0.1, -0.05) is 12.8 Å². The molecule has 1 saturated carbocycles. The smallest absolute Gasteiger partial charge is 0.217 e. The summed E-state index contributed by atoms with van der Waals surface area (Å²) >= 11 is 0. The summed E-state index contributed by atoms with van der Waals surface area (Å²) in [7, 11) is -1.52. The minimum absolute atomic E-state index is 0.188. The molecule has 0 spiro atoms. The number of nitrogens with zero attached hydrogens (tertiary/aromatic N) is 2. The van der Waals surface area contributed by atoms with Gasteiger partial charge in [-0.15, -0.1) is 0 Å². The van der Waals surface area contributed by atoms with E-state index in [1.807, 2.05) is 0 Å². The highest BCUT2D eigenvalue weighted by Gasteiger charge is 2.32. The number of imidazole rings is 1. The summed E-state index contributed by atoms with van der Waals surface area (Å²) in [4.78, 5) is 6.95. The Morgan fingerprint density at radius 3 is 2.75 bits per heavy atom. The minimum Gasteiger partial charge on any atom is -0.347 e. The predicted molar refractivity (Wildman–Crippen MR) is 61.2 cm³/mol. The number of aromatic amines is 1. The second-order valence-electron chi connectivity index (χ2n) is 4.24. The minimum atomic E-state index is -3.14. The number of hydrogen-bond donors (Lipinski definition) is 1. The van der Waals surface area contributed by atoms with Gasteiger partial charge in [0, 0.05) is 19.4 Å². The molecule has 0 unspecified atom stereocenters. The summed E-state index contributed by atoms with van der Waals surface area (Å²) in [5, 5.41) is -0.188. The first kappa shape index (κ1) is 11.6. The number of hydrogen-bond acceptors (Lipinski definition) is 3. The van der Waals surface area contributed by atoms with E-state index < -0.39 is 10.0 Å². The molecule has 1 aromatic heterocycles. The Hall–Kier alpha value is -0.880. The van der Waals surface area contributed by atoms with E-state index in [1.54, 1.807) is 19.4 Å². The molecule has 0 amide bonds. The monoisotopic (exact) mass is 243 g/mol. The zero-order valence-electron chi connectivity index (χ0n) is 9.39. The van der Waals surface area contributed by atoms with E-state index in [4.69, 9.17) is 0 Å². The van der Waals surface area contributed by atoms with Crippen molar-refractivity contribution in [1.29, 1.82) is 0 Å². The number of H-pyrrole nitrogens is 1. The Labute approximate surface area is 95.9 Å². The quantitative estimate of drug-likeness (QED) is 0.861. The lowest BCUT2D eigenvalue weighted by molar-refractivity contribution is 0.447. The van der Waals surface area contributed by atoms with Gasteiger partial charge in [-0.25, -0.2) is 13.4 Å². The number of rotatable bonds is 4. The van der Waals surface area contributed by atoms with Crippen molar-refractivity contribution in [3.8, 4) is 0 Å². The molecule has 1 aliphatic carbocycles. The molecular formula is C10H17N3O2S. The molecule has 6 heteroatoms. The Bertz CT molecular complexity index is 421. The fourth-order valence-corrected chi connectivity index (χ4v) is 3.87. The molecule has 1 aliphatic rings. The molecule has 0 aromatic carbocycles. The molecule has 0 radical (unpaired) electrons. The maximum absolute atomic E-state index is 12.1. The fraction of sp³-hybridized carbons (Fsp3) is 0.700. The van der Waals surface area contributed by atoms with E-state index >= 15 is 0 Å². The number of sulfonamides is 1. The third-order valence-corrected chi connectivity index (χ3v) is 5.40. The molecule has 16 heavy (non-hydrogen) atoms. The second-order valence-corrected chi connectivity index (χ2v) is 6.56. The van der Waals surface area contributed by atoms with Crippen molar-refractivity contribution >= 4 is 10.0 Å². The van der Waals surface area contributed by atoms with Gasteiger partial charge in [0.25, 0.3) is 0 Å². The Kier molecular flexibility index (Phi) is 3.30. The largest absolute Gasteiger partial charge is 0.347 e. The van der Waals surface area contributed by atoms with Crippen molar-refractivity contribution < 1.29 is 8.42 Å². The molecular weight excluding hydrogens is 226 g/mol. The lowest BCUT2D eigenvalue weighted by Gasteiger charge is -2.20. The lowest BCUT2D eigenvalue weighted by Crippen LogP contribution is -2.34. The zero-order chi connectivity index (χ0) is 11.6. The first-order valence-electron chi connectivity index (χ1n) is 5.54. The van der Waals surface area contributed by atoms with Gasteiger partial charge in [0.05, 0.1) is 11.8 Å². The molecule has 90 valence electrons. The summed E-state index contributed by atoms with van der Waals surface area (Å²) < 4.78 is 25.7. The van der Waals surface area contributed by atoms with Crippen molar-refractivity contribution in [3.05, 3.63) is 18.2 Å². The van der Waals surface area contributed by atoms with Gasteiger partial charge in [0.15, 0.2) is 0 Å². The Morgan fingerprint density at radius 2 is 2.19 bits per heavy atom. The fourth-order valence-electron chi connectivity index (χ4n) is 2.13. The predicted octanol–water partition coefficient (Wildman–Crippen LogP) is 1.11. The summed E-state index contributed by atoms with van der Waals surface area (Å²) in [6.45, 7) is 0.325. The van der Waals surface area contributed by atoms with Gasteiger partial charge in [-0.2, -0.15) is 4.31 Å². The third kappa shape index (κ3) is 2.27. The van der Waals surface area contributed by atoms with Gasteiger partial charge in [0.1, 0.15) is 5.82 Å². The number of aromatic nitrogens is 2. The van der Waals surface area contributed by atoms with Gasteiger partial charge in [-0.05, 0) is 12.8 Å². The summed E-state index contributed by atoms with van der Waals surface area (Å²) in [5.41, 5.74) is 0. The maximum atomic E-state index is 12.1. The second kappa shape index (κ2) is 4.55. The highest BCUT2D eigenvalue weighted by molar-refractivity contribution is 7.89. The molecule has 1 aromatic rings. The van der Waals surface area contributed by atoms with Crippen LogP contribution < -0.4 is 0 Å². The summed E-state index contributed by atoms with van der Waals surface area (Å²) in [6.07, 6.45) is 6.98. The molecule has 1 heterocycles. The summed E-state index contributed by atoms with van der Waals surface area (Å²) in [6, 6.07) is 0. The van der Waals surface area contributed by atoms with Gasteiger partial charge >= 0.3 is 0 Å². The molecule has 1 N–H and O–H groups in total. The zero-order valence-corrected chi connectivity index (χ0v) is 10.2. The van der Waals surface area contributed by atoms with Crippen molar-refractivity contribution in [2.75, 3.05) is 7.05 Å². The molecule has 0 bridgehead atoms. The van der Waals surface area contributed by atoms with E-state index in [9.17, 15) is 8.42 Å². The topological polar surface area (TPSA) is 66.1 Å². The van der Waals surface area contributed by atoms with E-state index in [0.29, 0.717) is 12.4 Å². The molecule has 0 aliphatic heterocycles. The lowest BCUT2D eigenvalue weighted by atomic mass is 10.4. The van der Waals surface area contributed by atoms with Crippen molar-refractivity contribution in [3.63, 3.8) is 0 Å². The van der Waals surface area contributed by atoms with E-state index in [-0.39, 0.29) is 5.25 Å². The van der Waals surface area contributed by atoms with E-state index in [1.165, 1.54) is 4.31 Å². The normalized spacial score (nSPS) is 18.4. The van der Waals surface area contributed by atoms with Crippen LogP contribution in [0.4, 0.5) is 0 Å². The van der Waals surface area contributed by atoms with Crippen LogP contribution in [-0.4, -0.2) is 35.0 Å². The first-order valence-corrected chi connectivity index (χ1v) is 7.04. The van der Waals surface area contributed by atoms with Crippen LogP contribution in [0.2, 0.25) is 0 Å². The molecule has 0 saturated heterocycles. The van der Waals surface area contributed by atoms with Crippen molar-refractivity contribution in [2.45, 2.75) is 37.5 Å². The first-order chi connectivity index (χ1) is 7.60. The van der Waals surface area contributed by atoms with Crippen LogP contribution in [0.15, 0.2) is 12.4 Å². The van der Waals surface area contributed by atoms with Crippen LogP contribution in [0.3, 0.4) is 0 Å². The Morgan fingerprint density at radius 1 is 1.50 bits per heavy atom. The summed E-state index contributed by atoms with van der Waals surface area (Å²) in [5.74, 6) is 0.684. The third-order valence-electron chi connectivity index (χ3n) is 3.09. The molecule has 5 nitrogen and oxygen atoms in total. The van der Waals surface area contributed by atoms with Crippen LogP contribution in [0, 0.1) is 0 Å². The van der Waals surface area contributed by atoms with Crippen molar-refractivity contribution in [1.82, 2.24) is 14.3 Å². The molecule has 0 atom stereocenters. The van der Waals surface area contributed by atoms with Crippen LogP contribution in [-0.2, 0) is 16.6 Å². The van der Waals surface area contributed by atoms with E-state index in [2.05, 4.69) is 9.97 Å². The average molecular weight is 243 g/mol.